The molecule has 0 aliphatic heterocycles. The third-order valence-electron chi connectivity index (χ3n) is 3.21. The van der Waals surface area contributed by atoms with Crippen molar-refractivity contribution in [2.75, 3.05) is 11.9 Å². The number of carbonyl (C=O) groups excluding carboxylic acids is 1. The first-order chi connectivity index (χ1) is 8.24. The summed E-state index contributed by atoms with van der Waals surface area (Å²) in [7, 11) is 0. The highest BCUT2D eigenvalue weighted by molar-refractivity contribution is 9.09. The van der Waals surface area contributed by atoms with Gasteiger partial charge < -0.3 is 4.90 Å². The summed E-state index contributed by atoms with van der Waals surface area (Å²) >= 11 is 9.47. The van der Waals surface area contributed by atoms with E-state index in [-0.39, 0.29) is 5.91 Å². The number of alkyl halides is 1. The molecule has 0 heterocycles. The average molecular weight is 317 g/mol. The molecule has 4 heteroatoms. The smallest absolute Gasteiger partial charge is 0.255 e. The lowest BCUT2D eigenvalue weighted by Crippen LogP contribution is -2.45. The highest BCUT2D eigenvalue weighted by Crippen LogP contribution is 2.27. The van der Waals surface area contributed by atoms with Crippen LogP contribution in [-0.4, -0.2) is 28.7 Å². The summed E-state index contributed by atoms with van der Waals surface area (Å²) in [5, 5.41) is 1.34. The van der Waals surface area contributed by atoms with Crippen LogP contribution in [0.2, 0.25) is 5.02 Å². The molecule has 0 aromatic heterocycles. The van der Waals surface area contributed by atoms with E-state index in [1.54, 1.807) is 12.1 Å². The van der Waals surface area contributed by atoms with Crippen LogP contribution in [0.1, 0.15) is 29.6 Å². The summed E-state index contributed by atoms with van der Waals surface area (Å²) < 4.78 is 0. The van der Waals surface area contributed by atoms with Crippen LogP contribution in [0, 0.1) is 0 Å². The van der Waals surface area contributed by atoms with Crippen LogP contribution in [0.3, 0.4) is 0 Å². The van der Waals surface area contributed by atoms with E-state index in [1.807, 2.05) is 17.0 Å². The number of benzene rings is 1. The molecule has 0 unspecified atom stereocenters. The zero-order valence-electron chi connectivity index (χ0n) is 9.53. The fourth-order valence-corrected chi connectivity index (χ4v) is 2.63. The van der Waals surface area contributed by atoms with Gasteiger partial charge in [-0.1, -0.05) is 39.7 Å². The van der Waals surface area contributed by atoms with Gasteiger partial charge in [-0.25, -0.2) is 0 Å². The first-order valence-electron chi connectivity index (χ1n) is 5.85. The van der Waals surface area contributed by atoms with Gasteiger partial charge in [-0.15, -0.1) is 0 Å². The van der Waals surface area contributed by atoms with E-state index in [0.29, 0.717) is 16.6 Å². The van der Waals surface area contributed by atoms with Crippen LogP contribution in [0.15, 0.2) is 24.3 Å². The van der Waals surface area contributed by atoms with E-state index in [9.17, 15) is 4.79 Å². The number of carbonyl (C=O) groups is 1. The van der Waals surface area contributed by atoms with E-state index in [2.05, 4.69) is 15.9 Å². The van der Waals surface area contributed by atoms with Gasteiger partial charge in [0.25, 0.3) is 5.91 Å². The van der Waals surface area contributed by atoms with Crippen molar-refractivity contribution in [2.45, 2.75) is 25.3 Å². The molecule has 1 aliphatic rings. The molecular formula is C13H15BrClNO. The van der Waals surface area contributed by atoms with Gasteiger partial charge in [-0.3, -0.25) is 4.79 Å². The van der Waals surface area contributed by atoms with E-state index in [1.165, 1.54) is 6.42 Å². The molecule has 0 radical (unpaired) electrons. The van der Waals surface area contributed by atoms with Crippen molar-refractivity contribution in [3.63, 3.8) is 0 Å². The van der Waals surface area contributed by atoms with Gasteiger partial charge in [0, 0.05) is 17.9 Å². The molecular weight excluding hydrogens is 302 g/mol. The molecule has 0 bridgehead atoms. The predicted molar refractivity (Wildman–Crippen MR) is 73.9 cm³/mol. The number of nitrogens with zero attached hydrogens (tertiary/aromatic N) is 1. The highest BCUT2D eigenvalue weighted by atomic mass is 79.9. The number of rotatable bonds is 4. The molecule has 0 atom stereocenters. The lowest BCUT2D eigenvalue weighted by Gasteiger charge is -2.37. The van der Waals surface area contributed by atoms with E-state index >= 15 is 0 Å². The first-order valence-corrected chi connectivity index (χ1v) is 7.35. The molecule has 0 saturated heterocycles. The van der Waals surface area contributed by atoms with Gasteiger partial charge in [0.05, 0.1) is 10.6 Å². The van der Waals surface area contributed by atoms with Crippen molar-refractivity contribution in [3.05, 3.63) is 34.9 Å². The Morgan fingerprint density at radius 3 is 2.65 bits per heavy atom. The number of hydrogen-bond donors (Lipinski definition) is 0. The van der Waals surface area contributed by atoms with Crippen molar-refractivity contribution in [1.29, 1.82) is 0 Å². The van der Waals surface area contributed by atoms with Gasteiger partial charge in [-0.05, 0) is 31.4 Å². The van der Waals surface area contributed by atoms with Crippen molar-refractivity contribution in [1.82, 2.24) is 4.90 Å². The zero-order chi connectivity index (χ0) is 12.3. The lowest BCUT2D eigenvalue weighted by atomic mass is 9.91. The quantitative estimate of drug-likeness (QED) is 0.775. The Morgan fingerprint density at radius 1 is 1.41 bits per heavy atom. The molecule has 1 aromatic carbocycles. The Kier molecular flexibility index (Phi) is 4.46. The highest BCUT2D eigenvalue weighted by Gasteiger charge is 2.29. The van der Waals surface area contributed by atoms with Crippen LogP contribution in [0.25, 0.3) is 0 Å². The SMILES string of the molecule is O=C(c1ccccc1Cl)N(CCBr)C1CCC1. The molecule has 92 valence electrons. The maximum absolute atomic E-state index is 12.4. The molecule has 17 heavy (non-hydrogen) atoms. The Labute approximate surface area is 115 Å². The van der Waals surface area contributed by atoms with Crippen LogP contribution >= 0.6 is 27.5 Å². The minimum Gasteiger partial charge on any atom is -0.335 e. The second kappa shape index (κ2) is 5.87. The molecule has 1 aromatic rings. The summed E-state index contributed by atoms with van der Waals surface area (Å²) in [5.41, 5.74) is 0.613. The van der Waals surface area contributed by atoms with Gasteiger partial charge in [0.1, 0.15) is 0 Å². The van der Waals surface area contributed by atoms with Crippen molar-refractivity contribution in [2.24, 2.45) is 0 Å². The molecule has 2 nitrogen and oxygen atoms in total. The molecule has 0 spiro atoms. The van der Waals surface area contributed by atoms with Gasteiger partial charge in [-0.2, -0.15) is 0 Å². The van der Waals surface area contributed by atoms with Crippen LogP contribution in [-0.2, 0) is 0 Å². The fraction of sp³-hybridized carbons (Fsp3) is 0.462. The van der Waals surface area contributed by atoms with Crippen molar-refractivity contribution >= 4 is 33.4 Å². The van der Waals surface area contributed by atoms with Crippen LogP contribution in [0.4, 0.5) is 0 Å². The maximum Gasteiger partial charge on any atom is 0.255 e. The Bertz CT molecular complexity index is 406. The van der Waals surface area contributed by atoms with E-state index in [4.69, 9.17) is 11.6 Å². The summed E-state index contributed by atoms with van der Waals surface area (Å²) in [6.45, 7) is 0.745. The summed E-state index contributed by atoms with van der Waals surface area (Å²) in [5.74, 6) is 0.0553. The second-order valence-electron chi connectivity index (χ2n) is 4.25. The molecule has 1 aliphatic carbocycles. The first kappa shape index (κ1) is 12.9. The molecule has 1 saturated carbocycles. The minimum atomic E-state index is 0.0553. The minimum absolute atomic E-state index is 0.0553. The van der Waals surface area contributed by atoms with E-state index in [0.717, 1.165) is 24.7 Å². The standard InChI is InChI=1S/C13H15BrClNO/c14-8-9-16(10-4-3-5-10)13(17)11-6-1-2-7-12(11)15/h1-2,6-7,10H,3-5,8-9H2. The molecule has 2 rings (SSSR count). The topological polar surface area (TPSA) is 20.3 Å². The molecule has 1 fully saturated rings. The van der Waals surface area contributed by atoms with Crippen LogP contribution in [0.5, 0.6) is 0 Å². The Hall–Kier alpha value is -0.540. The van der Waals surface area contributed by atoms with Gasteiger partial charge >= 0.3 is 0 Å². The number of hydrogen-bond acceptors (Lipinski definition) is 1. The third-order valence-corrected chi connectivity index (χ3v) is 3.89. The Balaban J connectivity index is 2.18. The van der Waals surface area contributed by atoms with E-state index < -0.39 is 0 Å². The molecule has 0 N–H and O–H groups in total. The zero-order valence-corrected chi connectivity index (χ0v) is 11.9. The Morgan fingerprint density at radius 2 is 2.12 bits per heavy atom. The summed E-state index contributed by atoms with van der Waals surface area (Å²) in [6.07, 6.45) is 3.45. The summed E-state index contributed by atoms with van der Waals surface area (Å²) in [4.78, 5) is 14.4. The van der Waals surface area contributed by atoms with Crippen molar-refractivity contribution in [3.8, 4) is 0 Å². The normalized spacial score (nSPS) is 15.4. The summed E-state index contributed by atoms with van der Waals surface area (Å²) in [6, 6.07) is 7.66. The monoisotopic (exact) mass is 315 g/mol. The van der Waals surface area contributed by atoms with Crippen LogP contribution < -0.4 is 0 Å². The number of amides is 1. The maximum atomic E-state index is 12.4. The fourth-order valence-electron chi connectivity index (χ4n) is 2.03. The predicted octanol–water partition coefficient (Wildman–Crippen LogP) is 3.73. The number of halogens is 2. The molecule has 1 amide bonds. The lowest BCUT2D eigenvalue weighted by molar-refractivity contribution is 0.0600. The second-order valence-corrected chi connectivity index (χ2v) is 5.45. The van der Waals surface area contributed by atoms with Gasteiger partial charge in [0.15, 0.2) is 0 Å². The van der Waals surface area contributed by atoms with Gasteiger partial charge in [0.2, 0.25) is 0 Å². The van der Waals surface area contributed by atoms with Crippen molar-refractivity contribution < 1.29 is 4.79 Å². The largest absolute Gasteiger partial charge is 0.335 e. The third kappa shape index (κ3) is 2.83. The average Bonchev–Trinajstić information content (AvgIpc) is 2.26.